The van der Waals surface area contributed by atoms with Crippen LogP contribution in [0.25, 0.3) is 0 Å². The molecule has 0 heterocycles. The molecule has 0 bridgehead atoms. The quantitative estimate of drug-likeness (QED) is 0.502. The summed E-state index contributed by atoms with van der Waals surface area (Å²) in [6.07, 6.45) is 8.33. The highest BCUT2D eigenvalue weighted by molar-refractivity contribution is 5.00. The number of allylic oxidation sites excluding steroid dienone is 1. The van der Waals surface area contributed by atoms with Crippen LogP contribution in [0.15, 0.2) is 12.2 Å². The van der Waals surface area contributed by atoms with Gasteiger partial charge in [-0.25, -0.2) is 0 Å². The molecule has 0 radical (unpaired) electrons. The van der Waals surface area contributed by atoms with Gasteiger partial charge in [-0.3, -0.25) is 0 Å². The lowest BCUT2D eigenvalue weighted by atomic mass is 9.87. The van der Waals surface area contributed by atoms with Crippen LogP contribution in [-0.2, 0) is 0 Å². The van der Waals surface area contributed by atoms with Crippen LogP contribution in [-0.4, -0.2) is 24.5 Å². The van der Waals surface area contributed by atoms with Crippen molar-refractivity contribution in [2.24, 2.45) is 0 Å². The molecule has 0 saturated carbocycles. The van der Waals surface area contributed by atoms with Crippen LogP contribution in [0, 0.1) is 0 Å². The van der Waals surface area contributed by atoms with Crippen molar-refractivity contribution >= 4 is 0 Å². The third-order valence-corrected chi connectivity index (χ3v) is 2.65. The Labute approximate surface area is 63.7 Å². The highest BCUT2D eigenvalue weighted by Gasteiger charge is 2.25. The minimum absolute atomic E-state index is 0.425. The Bertz CT molecular complexity index is 138. The maximum atomic E-state index is 2.33. The number of nitrogens with zero attached hydrogens (tertiary/aromatic N) is 1. The first kappa shape index (κ1) is 7.80. The molecule has 1 unspecified atom stereocenters. The second-order valence-corrected chi connectivity index (χ2v) is 3.61. The topological polar surface area (TPSA) is 3.24 Å². The summed E-state index contributed by atoms with van der Waals surface area (Å²) < 4.78 is 0. The zero-order valence-electron chi connectivity index (χ0n) is 7.22. The molecule has 1 atom stereocenters. The molecule has 0 aromatic heterocycles. The predicted octanol–water partition coefficient (Wildman–Crippen LogP) is 2.05. The van der Waals surface area contributed by atoms with E-state index in [9.17, 15) is 0 Å². The van der Waals surface area contributed by atoms with E-state index < -0.39 is 0 Å². The number of hydrogen-bond donors (Lipinski definition) is 0. The highest BCUT2D eigenvalue weighted by atomic mass is 15.1. The standard InChI is InChI=1S/C9H17N/c1-9(10(2)3)7-5-4-6-8-9/h4-5H,6-8H2,1-3H3. The van der Waals surface area contributed by atoms with Crippen LogP contribution >= 0.6 is 0 Å². The van der Waals surface area contributed by atoms with E-state index in [-0.39, 0.29) is 0 Å². The van der Waals surface area contributed by atoms with Crippen molar-refractivity contribution in [3.05, 3.63) is 12.2 Å². The van der Waals surface area contributed by atoms with Gasteiger partial charge in [0.05, 0.1) is 0 Å². The summed E-state index contributed by atoms with van der Waals surface area (Å²) in [5.41, 5.74) is 0.425. The molecular formula is C9H17N. The Kier molecular flexibility index (Phi) is 2.14. The average Bonchev–Trinajstić information content (AvgIpc) is 1.89. The first-order chi connectivity index (χ1) is 4.65. The van der Waals surface area contributed by atoms with E-state index in [2.05, 4.69) is 38.1 Å². The maximum absolute atomic E-state index is 2.33. The lowest BCUT2D eigenvalue weighted by molar-refractivity contribution is 0.159. The second-order valence-electron chi connectivity index (χ2n) is 3.61. The van der Waals surface area contributed by atoms with E-state index in [0.717, 1.165) is 0 Å². The molecule has 0 fully saturated rings. The monoisotopic (exact) mass is 139 g/mol. The molecule has 1 heteroatoms. The van der Waals surface area contributed by atoms with Crippen molar-refractivity contribution in [2.75, 3.05) is 14.1 Å². The van der Waals surface area contributed by atoms with Gasteiger partial charge in [-0.15, -0.1) is 0 Å². The van der Waals surface area contributed by atoms with E-state index in [4.69, 9.17) is 0 Å². The Morgan fingerprint density at radius 2 is 2.00 bits per heavy atom. The highest BCUT2D eigenvalue weighted by Crippen LogP contribution is 2.26. The molecule has 0 N–H and O–H groups in total. The molecule has 1 aliphatic rings. The Balaban J connectivity index is 2.59. The molecule has 0 aromatic rings. The van der Waals surface area contributed by atoms with Crippen LogP contribution in [0.2, 0.25) is 0 Å². The summed E-state index contributed by atoms with van der Waals surface area (Å²) in [6.45, 7) is 2.33. The summed E-state index contributed by atoms with van der Waals surface area (Å²) in [5.74, 6) is 0. The van der Waals surface area contributed by atoms with Crippen molar-refractivity contribution in [1.29, 1.82) is 0 Å². The van der Waals surface area contributed by atoms with Crippen LogP contribution in [0.1, 0.15) is 26.2 Å². The molecule has 0 amide bonds. The molecule has 1 rings (SSSR count). The molecule has 0 saturated heterocycles. The average molecular weight is 139 g/mol. The van der Waals surface area contributed by atoms with Gasteiger partial charge in [0.15, 0.2) is 0 Å². The number of hydrogen-bond acceptors (Lipinski definition) is 1. The molecule has 1 aliphatic carbocycles. The molecule has 0 aromatic carbocycles. The van der Waals surface area contributed by atoms with Gasteiger partial charge in [-0.1, -0.05) is 12.2 Å². The predicted molar refractivity (Wildman–Crippen MR) is 45.1 cm³/mol. The van der Waals surface area contributed by atoms with Crippen molar-refractivity contribution in [3.8, 4) is 0 Å². The Hall–Kier alpha value is -0.300. The fraction of sp³-hybridized carbons (Fsp3) is 0.778. The van der Waals surface area contributed by atoms with Gasteiger partial charge in [0, 0.05) is 5.54 Å². The van der Waals surface area contributed by atoms with E-state index in [1.165, 1.54) is 19.3 Å². The second kappa shape index (κ2) is 2.75. The summed E-state index contributed by atoms with van der Waals surface area (Å²) in [6, 6.07) is 0. The fourth-order valence-electron chi connectivity index (χ4n) is 1.36. The molecule has 58 valence electrons. The minimum atomic E-state index is 0.425. The van der Waals surface area contributed by atoms with Crippen LogP contribution in [0.4, 0.5) is 0 Å². The van der Waals surface area contributed by atoms with Crippen LogP contribution in [0.3, 0.4) is 0 Å². The summed E-state index contributed by atoms with van der Waals surface area (Å²) in [5, 5.41) is 0. The van der Waals surface area contributed by atoms with E-state index >= 15 is 0 Å². The van der Waals surface area contributed by atoms with Gasteiger partial charge in [0.1, 0.15) is 0 Å². The smallest absolute Gasteiger partial charge is 0.0212 e. The third kappa shape index (κ3) is 1.40. The lowest BCUT2D eigenvalue weighted by Crippen LogP contribution is -2.41. The molecule has 0 spiro atoms. The molecule has 0 aliphatic heterocycles. The Morgan fingerprint density at radius 1 is 1.30 bits per heavy atom. The maximum Gasteiger partial charge on any atom is 0.0212 e. The van der Waals surface area contributed by atoms with Crippen LogP contribution in [0.5, 0.6) is 0 Å². The SMILES string of the molecule is CN(C)C1(C)CC=CCC1. The van der Waals surface area contributed by atoms with E-state index in [1.54, 1.807) is 0 Å². The normalized spacial score (nSPS) is 33.2. The lowest BCUT2D eigenvalue weighted by Gasteiger charge is -2.37. The first-order valence-electron chi connectivity index (χ1n) is 3.97. The number of rotatable bonds is 1. The van der Waals surface area contributed by atoms with Crippen molar-refractivity contribution in [1.82, 2.24) is 4.90 Å². The molecule has 1 nitrogen and oxygen atoms in total. The largest absolute Gasteiger partial charge is 0.304 e. The third-order valence-electron chi connectivity index (χ3n) is 2.65. The van der Waals surface area contributed by atoms with Gasteiger partial charge in [0.2, 0.25) is 0 Å². The Morgan fingerprint density at radius 3 is 2.30 bits per heavy atom. The van der Waals surface area contributed by atoms with Crippen molar-refractivity contribution in [2.45, 2.75) is 31.7 Å². The van der Waals surface area contributed by atoms with Gasteiger partial charge in [-0.2, -0.15) is 0 Å². The van der Waals surface area contributed by atoms with Gasteiger partial charge >= 0.3 is 0 Å². The summed E-state index contributed by atoms with van der Waals surface area (Å²) in [7, 11) is 4.33. The zero-order chi connectivity index (χ0) is 7.61. The minimum Gasteiger partial charge on any atom is -0.304 e. The van der Waals surface area contributed by atoms with E-state index in [0.29, 0.717) is 5.54 Å². The van der Waals surface area contributed by atoms with Crippen molar-refractivity contribution < 1.29 is 0 Å². The zero-order valence-corrected chi connectivity index (χ0v) is 7.22. The van der Waals surface area contributed by atoms with E-state index in [1.807, 2.05) is 0 Å². The van der Waals surface area contributed by atoms with Crippen molar-refractivity contribution in [3.63, 3.8) is 0 Å². The molecule has 10 heavy (non-hydrogen) atoms. The van der Waals surface area contributed by atoms with Crippen LogP contribution < -0.4 is 0 Å². The first-order valence-corrected chi connectivity index (χ1v) is 3.97. The summed E-state index contributed by atoms with van der Waals surface area (Å²) >= 11 is 0. The van der Waals surface area contributed by atoms with Gasteiger partial charge in [-0.05, 0) is 40.3 Å². The molecular weight excluding hydrogens is 122 g/mol. The van der Waals surface area contributed by atoms with Gasteiger partial charge in [0.25, 0.3) is 0 Å². The summed E-state index contributed by atoms with van der Waals surface area (Å²) in [4.78, 5) is 2.33. The van der Waals surface area contributed by atoms with Gasteiger partial charge < -0.3 is 4.90 Å². The fourth-order valence-corrected chi connectivity index (χ4v) is 1.36.